The van der Waals surface area contributed by atoms with Gasteiger partial charge in [-0.15, -0.1) is 14.5 Å². The zero-order valence-electron chi connectivity index (χ0n) is 10.5. The van der Waals surface area contributed by atoms with Gasteiger partial charge in [0.2, 0.25) is 0 Å². The Morgan fingerprint density at radius 2 is 1.95 bits per heavy atom. The standard InChI is InChI=1S/C12H14N4O2S/c1-19(17,18)15-7-8-16-11(9-15)13-14-12(16)10-5-3-2-4-6-10/h2-6H,7-9H2,1H3. The molecule has 0 aliphatic carbocycles. The largest absolute Gasteiger partial charge is 0.598 e. The van der Waals surface area contributed by atoms with Gasteiger partial charge in [-0.2, -0.15) is 0 Å². The number of rotatable bonds is 2. The summed E-state index contributed by atoms with van der Waals surface area (Å²) >= 11 is 0. The van der Waals surface area contributed by atoms with Crippen LogP contribution in [-0.2, 0) is 27.7 Å². The van der Waals surface area contributed by atoms with Gasteiger partial charge in [0.05, 0.1) is 6.54 Å². The minimum atomic E-state index is -3.17. The van der Waals surface area contributed by atoms with E-state index < -0.39 is 10.4 Å². The third kappa shape index (κ3) is 2.32. The third-order valence-corrected chi connectivity index (χ3v) is 4.47. The van der Waals surface area contributed by atoms with Crippen molar-refractivity contribution in [2.24, 2.45) is 0 Å². The lowest BCUT2D eigenvalue weighted by atomic mass is 10.2. The van der Waals surface area contributed by atoms with Crippen LogP contribution in [0.25, 0.3) is 11.4 Å². The van der Waals surface area contributed by atoms with E-state index in [1.165, 1.54) is 10.6 Å². The van der Waals surface area contributed by atoms with Crippen LogP contribution in [0, 0.1) is 0 Å². The van der Waals surface area contributed by atoms with E-state index in [2.05, 4.69) is 10.2 Å². The van der Waals surface area contributed by atoms with Gasteiger partial charge < -0.3 is 9.12 Å². The minimum absolute atomic E-state index is 0.290. The number of aromatic nitrogens is 3. The lowest BCUT2D eigenvalue weighted by Crippen LogP contribution is -2.41. The van der Waals surface area contributed by atoms with E-state index in [-0.39, 0.29) is 0 Å². The molecule has 0 radical (unpaired) electrons. The molecule has 19 heavy (non-hydrogen) atoms. The molecule has 6 nitrogen and oxygen atoms in total. The molecule has 2 heterocycles. The highest BCUT2D eigenvalue weighted by atomic mass is 32.3. The van der Waals surface area contributed by atoms with Crippen LogP contribution in [0.3, 0.4) is 0 Å². The molecule has 1 aliphatic heterocycles. The van der Waals surface area contributed by atoms with Gasteiger partial charge in [-0.25, -0.2) is 0 Å². The Labute approximate surface area is 112 Å². The van der Waals surface area contributed by atoms with Gasteiger partial charge in [0.1, 0.15) is 23.2 Å². The fourth-order valence-corrected chi connectivity index (χ4v) is 2.98. The summed E-state index contributed by atoms with van der Waals surface area (Å²) in [4.78, 5) is 0. The van der Waals surface area contributed by atoms with E-state index in [1.807, 2.05) is 34.9 Å². The van der Waals surface area contributed by atoms with Crippen LogP contribution < -0.4 is 0 Å². The fraction of sp³-hybridized carbons (Fsp3) is 0.333. The molecular weight excluding hydrogens is 264 g/mol. The Morgan fingerprint density at radius 1 is 1.21 bits per heavy atom. The van der Waals surface area contributed by atoms with Crippen LogP contribution in [-0.4, -0.2) is 36.4 Å². The van der Waals surface area contributed by atoms with Crippen molar-refractivity contribution in [1.29, 1.82) is 0 Å². The first-order valence-electron chi connectivity index (χ1n) is 5.98. The van der Waals surface area contributed by atoms with Crippen LogP contribution >= 0.6 is 0 Å². The molecule has 2 aromatic rings. The number of benzene rings is 1. The van der Waals surface area contributed by atoms with Gasteiger partial charge >= 0.3 is 0 Å². The molecule has 100 valence electrons. The predicted molar refractivity (Wildman–Crippen MR) is 70.6 cm³/mol. The zero-order chi connectivity index (χ0) is 13.5. The Kier molecular flexibility index (Phi) is 2.96. The number of sulfonamides is 1. The van der Waals surface area contributed by atoms with E-state index in [4.69, 9.17) is 0 Å². The number of fused-ring (bicyclic) bond motifs is 1. The molecule has 0 saturated carbocycles. The quantitative estimate of drug-likeness (QED) is 0.766. The number of hydrogen-bond donors (Lipinski definition) is 0. The van der Waals surface area contributed by atoms with E-state index in [9.17, 15) is 8.76 Å². The van der Waals surface area contributed by atoms with Gasteiger partial charge in [0.25, 0.3) is 0 Å². The van der Waals surface area contributed by atoms with Gasteiger partial charge in [-0.05, 0) is 0 Å². The van der Waals surface area contributed by atoms with E-state index in [0.29, 0.717) is 25.5 Å². The van der Waals surface area contributed by atoms with Crippen LogP contribution in [0.1, 0.15) is 5.82 Å². The smallest absolute Gasteiger partial charge is 0.164 e. The van der Waals surface area contributed by atoms with Crippen molar-refractivity contribution in [3.63, 3.8) is 0 Å². The van der Waals surface area contributed by atoms with E-state index in [1.54, 1.807) is 0 Å². The minimum Gasteiger partial charge on any atom is -0.598 e. The monoisotopic (exact) mass is 278 g/mol. The molecule has 1 aliphatic rings. The second-order valence-corrected chi connectivity index (χ2v) is 6.54. The van der Waals surface area contributed by atoms with Crippen molar-refractivity contribution in [1.82, 2.24) is 19.1 Å². The Bertz CT molecular complexity index is 634. The SMILES string of the molecule is C[S+](=O)([O-])N1CCn2c(nnc2-c2ccccc2)C1. The number of hydrogen-bond acceptors (Lipinski definition) is 4. The fourth-order valence-electron chi connectivity index (χ4n) is 2.22. The Hall–Kier alpha value is -1.57. The van der Waals surface area contributed by atoms with E-state index >= 15 is 0 Å². The summed E-state index contributed by atoms with van der Waals surface area (Å²) in [7, 11) is -3.17. The molecular formula is C12H14N4O2S. The number of nitrogens with zero attached hydrogens (tertiary/aromatic N) is 4. The van der Waals surface area contributed by atoms with E-state index in [0.717, 1.165) is 11.4 Å². The van der Waals surface area contributed by atoms with Crippen LogP contribution in [0.2, 0.25) is 0 Å². The molecule has 1 unspecified atom stereocenters. The first kappa shape index (κ1) is 12.5. The second kappa shape index (κ2) is 4.52. The molecule has 0 bridgehead atoms. The topological polar surface area (TPSA) is 74.1 Å². The summed E-state index contributed by atoms with van der Waals surface area (Å²) in [5, 5.41) is 8.28. The maximum Gasteiger partial charge on any atom is 0.164 e. The summed E-state index contributed by atoms with van der Waals surface area (Å²) < 4.78 is 26.5. The lowest BCUT2D eigenvalue weighted by Gasteiger charge is -2.28. The highest BCUT2D eigenvalue weighted by molar-refractivity contribution is 7.94. The molecule has 0 amide bonds. The zero-order valence-corrected chi connectivity index (χ0v) is 11.3. The van der Waals surface area contributed by atoms with Crippen molar-refractivity contribution in [3.8, 4) is 11.4 Å². The average molecular weight is 278 g/mol. The van der Waals surface area contributed by atoms with Gasteiger partial charge in [0.15, 0.2) is 11.6 Å². The van der Waals surface area contributed by atoms with Crippen molar-refractivity contribution >= 4 is 10.4 Å². The second-order valence-electron chi connectivity index (χ2n) is 4.55. The first-order valence-corrected chi connectivity index (χ1v) is 7.83. The van der Waals surface area contributed by atoms with Gasteiger partial charge in [-0.1, -0.05) is 34.5 Å². The van der Waals surface area contributed by atoms with Crippen molar-refractivity contribution < 1.29 is 8.76 Å². The first-order chi connectivity index (χ1) is 9.05. The predicted octanol–water partition coefficient (Wildman–Crippen LogP) is 0.935. The van der Waals surface area contributed by atoms with Gasteiger partial charge in [-0.3, -0.25) is 0 Å². The summed E-state index contributed by atoms with van der Waals surface area (Å²) in [5.41, 5.74) is 0.994. The summed E-state index contributed by atoms with van der Waals surface area (Å²) in [6.45, 7) is 1.34. The highest BCUT2D eigenvalue weighted by Crippen LogP contribution is 2.23. The Morgan fingerprint density at radius 3 is 2.63 bits per heavy atom. The van der Waals surface area contributed by atoms with Crippen molar-refractivity contribution in [2.45, 2.75) is 13.1 Å². The lowest BCUT2D eigenvalue weighted by molar-refractivity contribution is 0.306. The highest BCUT2D eigenvalue weighted by Gasteiger charge is 2.29. The molecule has 0 N–H and O–H groups in total. The molecule has 1 atom stereocenters. The molecule has 0 fully saturated rings. The van der Waals surface area contributed by atoms with Crippen LogP contribution in [0.4, 0.5) is 0 Å². The summed E-state index contributed by atoms with van der Waals surface area (Å²) in [6, 6.07) is 9.79. The van der Waals surface area contributed by atoms with Crippen molar-refractivity contribution in [2.75, 3.05) is 12.8 Å². The molecule has 3 rings (SSSR count). The van der Waals surface area contributed by atoms with Crippen LogP contribution in [0.5, 0.6) is 0 Å². The summed E-state index contributed by atoms with van der Waals surface area (Å²) in [6.07, 6.45) is 1.22. The average Bonchev–Trinajstić information content (AvgIpc) is 2.81. The third-order valence-electron chi connectivity index (χ3n) is 3.22. The molecule has 1 aromatic heterocycles. The van der Waals surface area contributed by atoms with Gasteiger partial charge in [0, 0.05) is 12.1 Å². The maximum atomic E-state index is 11.5. The Balaban J connectivity index is 1.95. The summed E-state index contributed by atoms with van der Waals surface area (Å²) in [5.74, 6) is 1.49. The van der Waals surface area contributed by atoms with Crippen LogP contribution in [0.15, 0.2) is 30.3 Å². The normalized spacial score (nSPS) is 18.8. The molecule has 0 saturated heterocycles. The maximum absolute atomic E-state index is 11.5. The molecule has 1 aromatic carbocycles. The molecule has 7 heteroatoms. The molecule has 0 spiro atoms. The van der Waals surface area contributed by atoms with Crippen molar-refractivity contribution in [3.05, 3.63) is 36.2 Å².